The van der Waals surface area contributed by atoms with Gasteiger partial charge in [-0.1, -0.05) is 18.2 Å². The summed E-state index contributed by atoms with van der Waals surface area (Å²) < 4.78 is 1.90. The van der Waals surface area contributed by atoms with E-state index in [1.54, 1.807) is 12.1 Å². The number of anilines is 2. The summed E-state index contributed by atoms with van der Waals surface area (Å²) >= 11 is 1.38. The zero-order valence-corrected chi connectivity index (χ0v) is 17.8. The van der Waals surface area contributed by atoms with E-state index in [2.05, 4.69) is 16.7 Å². The van der Waals surface area contributed by atoms with E-state index in [-0.39, 0.29) is 17.6 Å². The zero-order chi connectivity index (χ0) is 21.7. The van der Waals surface area contributed by atoms with E-state index in [0.29, 0.717) is 17.1 Å². The van der Waals surface area contributed by atoms with Gasteiger partial charge >= 0.3 is 0 Å². The summed E-state index contributed by atoms with van der Waals surface area (Å²) in [6, 6.07) is 19.2. The number of carbonyl (C=O) groups is 2. The van der Waals surface area contributed by atoms with Gasteiger partial charge in [0.1, 0.15) is 11.9 Å². The minimum atomic E-state index is -0.197. The molecular weight excluding hydrogens is 396 g/mol. The Morgan fingerprint density at radius 2 is 1.70 bits per heavy atom. The van der Waals surface area contributed by atoms with E-state index in [0.717, 1.165) is 21.8 Å². The first kappa shape index (κ1) is 21.2. The first-order chi connectivity index (χ1) is 14.4. The van der Waals surface area contributed by atoms with E-state index in [1.165, 1.54) is 18.7 Å². The van der Waals surface area contributed by atoms with Crippen LogP contribution in [0.4, 0.5) is 11.5 Å². The van der Waals surface area contributed by atoms with Crippen LogP contribution in [-0.4, -0.2) is 22.1 Å². The van der Waals surface area contributed by atoms with Gasteiger partial charge in [0, 0.05) is 28.9 Å². The van der Waals surface area contributed by atoms with Gasteiger partial charge < -0.3 is 10.6 Å². The lowest BCUT2D eigenvalue weighted by Crippen LogP contribution is -2.17. The standard InChI is InChI=1S/C23H22N4O2S/c1-15-16(2)27(19-7-5-4-6-8-19)23(21(15)13-24)26-22(29)14-30-20-11-9-18(10-12-20)25-17(3)28/h4-12H,14H2,1-3H3,(H,25,28)(H,26,29). The predicted molar refractivity (Wildman–Crippen MR) is 120 cm³/mol. The van der Waals surface area contributed by atoms with Gasteiger partial charge in [-0.05, 0) is 55.8 Å². The molecule has 0 unspecified atom stereocenters. The van der Waals surface area contributed by atoms with E-state index >= 15 is 0 Å². The van der Waals surface area contributed by atoms with Gasteiger partial charge in [-0.15, -0.1) is 11.8 Å². The van der Waals surface area contributed by atoms with Gasteiger partial charge in [0.25, 0.3) is 0 Å². The minimum Gasteiger partial charge on any atom is -0.326 e. The van der Waals surface area contributed by atoms with Crippen LogP contribution in [0.3, 0.4) is 0 Å². The van der Waals surface area contributed by atoms with Gasteiger partial charge in [0.05, 0.1) is 11.3 Å². The molecule has 3 aromatic rings. The van der Waals surface area contributed by atoms with Crippen molar-refractivity contribution in [2.45, 2.75) is 25.7 Å². The number of amides is 2. The molecule has 0 aliphatic carbocycles. The number of thioether (sulfide) groups is 1. The van der Waals surface area contributed by atoms with E-state index in [9.17, 15) is 14.9 Å². The molecule has 152 valence electrons. The van der Waals surface area contributed by atoms with Crippen LogP contribution >= 0.6 is 11.8 Å². The first-order valence-electron chi connectivity index (χ1n) is 9.38. The van der Waals surface area contributed by atoms with Crippen LogP contribution in [0.25, 0.3) is 5.69 Å². The molecular formula is C23H22N4O2S. The molecule has 0 atom stereocenters. The Labute approximate surface area is 179 Å². The molecule has 0 aliphatic heterocycles. The largest absolute Gasteiger partial charge is 0.326 e. The third-order valence-corrected chi connectivity index (χ3v) is 5.65. The number of para-hydroxylation sites is 1. The van der Waals surface area contributed by atoms with Crippen molar-refractivity contribution in [2.24, 2.45) is 0 Å². The second kappa shape index (κ2) is 9.33. The third-order valence-electron chi connectivity index (χ3n) is 4.64. The molecule has 0 aliphatic rings. The number of nitriles is 1. The highest BCUT2D eigenvalue weighted by atomic mass is 32.2. The summed E-state index contributed by atoms with van der Waals surface area (Å²) in [4.78, 5) is 24.7. The average Bonchev–Trinajstić information content (AvgIpc) is 2.97. The summed E-state index contributed by atoms with van der Waals surface area (Å²) in [6.45, 7) is 5.27. The Morgan fingerprint density at radius 3 is 2.30 bits per heavy atom. The summed E-state index contributed by atoms with van der Waals surface area (Å²) in [6.07, 6.45) is 0. The Bertz CT molecular complexity index is 1110. The number of rotatable bonds is 6. The van der Waals surface area contributed by atoms with Crippen molar-refractivity contribution in [3.05, 3.63) is 71.4 Å². The van der Waals surface area contributed by atoms with E-state index < -0.39 is 0 Å². The van der Waals surface area contributed by atoms with Gasteiger partial charge in [0.15, 0.2) is 0 Å². The van der Waals surface area contributed by atoms with E-state index in [4.69, 9.17) is 0 Å². The van der Waals surface area contributed by atoms with Gasteiger partial charge in [0.2, 0.25) is 11.8 Å². The molecule has 3 rings (SSSR count). The number of nitrogens with one attached hydrogen (secondary N) is 2. The molecule has 0 bridgehead atoms. The van der Waals surface area contributed by atoms with Crippen LogP contribution in [-0.2, 0) is 9.59 Å². The van der Waals surface area contributed by atoms with Crippen molar-refractivity contribution in [2.75, 3.05) is 16.4 Å². The number of nitrogens with zero attached hydrogens (tertiary/aromatic N) is 2. The molecule has 0 spiro atoms. The van der Waals surface area contributed by atoms with Crippen molar-refractivity contribution in [1.29, 1.82) is 5.26 Å². The van der Waals surface area contributed by atoms with Crippen molar-refractivity contribution < 1.29 is 9.59 Å². The van der Waals surface area contributed by atoms with Gasteiger partial charge in [-0.3, -0.25) is 14.2 Å². The maximum Gasteiger partial charge on any atom is 0.235 e. The molecule has 2 amide bonds. The maximum absolute atomic E-state index is 12.7. The van der Waals surface area contributed by atoms with Gasteiger partial charge in [-0.2, -0.15) is 5.26 Å². The topological polar surface area (TPSA) is 86.9 Å². The van der Waals surface area contributed by atoms with Crippen LogP contribution in [0.1, 0.15) is 23.7 Å². The number of benzene rings is 2. The fraction of sp³-hybridized carbons (Fsp3) is 0.174. The lowest BCUT2D eigenvalue weighted by Gasteiger charge is -2.13. The highest BCUT2D eigenvalue weighted by Crippen LogP contribution is 2.30. The minimum absolute atomic E-state index is 0.130. The molecule has 0 saturated carbocycles. The molecule has 1 aromatic heterocycles. The zero-order valence-electron chi connectivity index (χ0n) is 17.0. The highest BCUT2D eigenvalue weighted by molar-refractivity contribution is 8.00. The van der Waals surface area contributed by atoms with Gasteiger partial charge in [-0.25, -0.2) is 0 Å². The second-order valence-electron chi connectivity index (χ2n) is 6.76. The van der Waals surface area contributed by atoms with Crippen molar-refractivity contribution in [3.63, 3.8) is 0 Å². The van der Waals surface area contributed by atoms with Crippen molar-refractivity contribution >= 4 is 35.1 Å². The molecule has 0 saturated heterocycles. The van der Waals surface area contributed by atoms with E-state index in [1.807, 2.05) is 60.9 Å². The van der Waals surface area contributed by atoms with Crippen LogP contribution < -0.4 is 10.6 Å². The Kier molecular flexibility index (Phi) is 6.60. The van der Waals surface area contributed by atoms with Crippen molar-refractivity contribution in [3.8, 4) is 11.8 Å². The highest BCUT2D eigenvalue weighted by Gasteiger charge is 2.20. The Morgan fingerprint density at radius 1 is 1.03 bits per heavy atom. The summed E-state index contributed by atoms with van der Waals surface area (Å²) in [5, 5.41) is 15.3. The molecule has 7 heteroatoms. The molecule has 6 nitrogen and oxygen atoms in total. The molecule has 2 N–H and O–H groups in total. The lowest BCUT2D eigenvalue weighted by molar-refractivity contribution is -0.114. The van der Waals surface area contributed by atoms with Crippen LogP contribution in [0.5, 0.6) is 0 Å². The number of hydrogen-bond donors (Lipinski definition) is 2. The third kappa shape index (κ3) is 4.73. The molecule has 30 heavy (non-hydrogen) atoms. The molecule has 0 fully saturated rings. The van der Waals surface area contributed by atoms with Crippen LogP contribution in [0, 0.1) is 25.2 Å². The average molecular weight is 419 g/mol. The summed E-state index contributed by atoms with van der Waals surface area (Å²) in [7, 11) is 0. The Balaban J connectivity index is 1.76. The van der Waals surface area contributed by atoms with Crippen molar-refractivity contribution in [1.82, 2.24) is 4.57 Å². The molecule has 0 radical (unpaired) electrons. The SMILES string of the molecule is CC(=O)Nc1ccc(SCC(=O)Nc2c(C#N)c(C)c(C)n2-c2ccccc2)cc1. The predicted octanol–water partition coefficient (Wildman–Crippen LogP) is 4.66. The monoisotopic (exact) mass is 418 g/mol. The Hall–Kier alpha value is -3.50. The number of carbonyl (C=O) groups excluding carboxylic acids is 2. The van der Waals surface area contributed by atoms with Crippen LogP contribution in [0.15, 0.2) is 59.5 Å². The first-order valence-corrected chi connectivity index (χ1v) is 10.4. The smallest absolute Gasteiger partial charge is 0.235 e. The molecule has 1 heterocycles. The quantitative estimate of drug-likeness (QED) is 0.570. The molecule has 2 aromatic carbocycles. The lowest BCUT2D eigenvalue weighted by atomic mass is 10.2. The summed E-state index contributed by atoms with van der Waals surface area (Å²) in [5.41, 5.74) is 3.82. The number of hydrogen-bond acceptors (Lipinski definition) is 4. The fourth-order valence-corrected chi connectivity index (χ4v) is 3.81. The fourth-order valence-electron chi connectivity index (χ4n) is 3.12. The normalized spacial score (nSPS) is 10.3. The number of aromatic nitrogens is 1. The summed E-state index contributed by atoms with van der Waals surface area (Å²) in [5.74, 6) is 0.361. The second-order valence-corrected chi connectivity index (χ2v) is 7.81. The van der Waals surface area contributed by atoms with Crippen LogP contribution in [0.2, 0.25) is 0 Å². The maximum atomic E-state index is 12.7.